The molecule has 0 bridgehead atoms. The van der Waals surface area contributed by atoms with Gasteiger partial charge in [0, 0.05) is 19.8 Å². The van der Waals surface area contributed by atoms with E-state index in [4.69, 9.17) is 9.47 Å². The maximum atomic E-state index is 5.67. The molecular weight excluding hydrogens is 202 g/mol. The first-order valence-corrected chi connectivity index (χ1v) is 6.62. The van der Waals surface area contributed by atoms with Crippen molar-refractivity contribution in [3.05, 3.63) is 0 Å². The third-order valence-electron chi connectivity index (χ3n) is 3.52. The molecule has 3 heteroatoms. The Morgan fingerprint density at radius 2 is 2.06 bits per heavy atom. The molecule has 0 radical (unpaired) electrons. The normalized spacial score (nSPS) is 20.4. The van der Waals surface area contributed by atoms with E-state index in [9.17, 15) is 0 Å². The number of hydrogen-bond acceptors (Lipinski definition) is 3. The lowest BCUT2D eigenvalue weighted by Crippen LogP contribution is -2.47. The molecule has 0 spiro atoms. The van der Waals surface area contributed by atoms with Crippen molar-refractivity contribution in [1.29, 1.82) is 0 Å². The molecule has 0 saturated heterocycles. The van der Waals surface area contributed by atoms with Crippen molar-refractivity contribution in [3.8, 4) is 0 Å². The Morgan fingerprint density at radius 1 is 1.31 bits per heavy atom. The Balaban J connectivity index is 2.34. The molecule has 3 nitrogen and oxygen atoms in total. The fraction of sp³-hybridized carbons (Fsp3) is 1.00. The van der Waals surface area contributed by atoms with Gasteiger partial charge >= 0.3 is 0 Å². The lowest BCUT2D eigenvalue weighted by atomic mass is 9.75. The Kier molecular flexibility index (Phi) is 6.32. The van der Waals surface area contributed by atoms with Gasteiger partial charge in [0.1, 0.15) is 0 Å². The molecule has 0 heterocycles. The molecule has 1 atom stereocenters. The second kappa shape index (κ2) is 7.25. The van der Waals surface area contributed by atoms with Crippen molar-refractivity contribution < 1.29 is 9.47 Å². The number of rotatable bonds is 9. The standard InChI is InChI=1S/C13H27NO2/c1-4-9-14-12(11-16-5-2)10-13(15-3)7-6-8-13/h12,14H,4-11H2,1-3H3. The summed E-state index contributed by atoms with van der Waals surface area (Å²) in [7, 11) is 1.84. The molecule has 1 fully saturated rings. The summed E-state index contributed by atoms with van der Waals surface area (Å²) in [6.45, 7) is 6.91. The van der Waals surface area contributed by atoms with Crippen LogP contribution in [0.25, 0.3) is 0 Å². The Bertz CT molecular complexity index is 167. The smallest absolute Gasteiger partial charge is 0.0694 e. The monoisotopic (exact) mass is 229 g/mol. The first kappa shape index (κ1) is 13.9. The van der Waals surface area contributed by atoms with Crippen LogP contribution in [-0.2, 0) is 9.47 Å². The highest BCUT2D eigenvalue weighted by molar-refractivity contribution is 4.93. The van der Waals surface area contributed by atoms with Crippen LogP contribution in [0.4, 0.5) is 0 Å². The fourth-order valence-electron chi connectivity index (χ4n) is 2.31. The van der Waals surface area contributed by atoms with Gasteiger partial charge in [-0.25, -0.2) is 0 Å². The van der Waals surface area contributed by atoms with Crippen LogP contribution < -0.4 is 5.32 Å². The van der Waals surface area contributed by atoms with E-state index in [1.165, 1.54) is 25.7 Å². The Hall–Kier alpha value is -0.120. The molecule has 96 valence electrons. The van der Waals surface area contributed by atoms with Gasteiger partial charge < -0.3 is 14.8 Å². The number of nitrogens with one attached hydrogen (secondary N) is 1. The van der Waals surface area contributed by atoms with E-state index in [1.54, 1.807) is 0 Å². The van der Waals surface area contributed by atoms with Gasteiger partial charge in [-0.2, -0.15) is 0 Å². The SMILES string of the molecule is CCCNC(COCC)CC1(OC)CCC1. The van der Waals surface area contributed by atoms with Gasteiger partial charge in [-0.15, -0.1) is 0 Å². The number of ether oxygens (including phenoxy) is 2. The minimum Gasteiger partial charge on any atom is -0.380 e. The summed E-state index contributed by atoms with van der Waals surface area (Å²) in [5.74, 6) is 0. The summed E-state index contributed by atoms with van der Waals surface area (Å²) in [6, 6.07) is 0.445. The highest BCUT2D eigenvalue weighted by Crippen LogP contribution is 2.38. The minimum absolute atomic E-state index is 0.141. The first-order valence-electron chi connectivity index (χ1n) is 6.62. The van der Waals surface area contributed by atoms with Crippen molar-refractivity contribution >= 4 is 0 Å². The summed E-state index contributed by atoms with van der Waals surface area (Å²) < 4.78 is 11.2. The maximum Gasteiger partial charge on any atom is 0.0694 e. The zero-order valence-corrected chi connectivity index (χ0v) is 11.1. The molecule has 0 aliphatic heterocycles. The Labute approximate surface area is 99.9 Å². The maximum absolute atomic E-state index is 5.67. The van der Waals surface area contributed by atoms with Gasteiger partial charge in [-0.3, -0.25) is 0 Å². The summed E-state index contributed by atoms with van der Waals surface area (Å²) in [4.78, 5) is 0. The minimum atomic E-state index is 0.141. The molecule has 0 aromatic heterocycles. The topological polar surface area (TPSA) is 30.5 Å². The van der Waals surface area contributed by atoms with Gasteiger partial charge in [0.25, 0.3) is 0 Å². The second-order valence-electron chi connectivity index (χ2n) is 4.76. The zero-order valence-electron chi connectivity index (χ0n) is 11.1. The first-order chi connectivity index (χ1) is 7.76. The predicted octanol–water partition coefficient (Wildman–Crippen LogP) is 2.35. The summed E-state index contributed by atoms with van der Waals surface area (Å²) >= 11 is 0. The summed E-state index contributed by atoms with van der Waals surface area (Å²) in [6.07, 6.45) is 5.98. The van der Waals surface area contributed by atoms with Crippen LogP contribution >= 0.6 is 0 Å². The van der Waals surface area contributed by atoms with Crippen molar-refractivity contribution in [2.24, 2.45) is 0 Å². The van der Waals surface area contributed by atoms with Crippen LogP contribution in [-0.4, -0.2) is 38.5 Å². The van der Waals surface area contributed by atoms with E-state index in [1.807, 2.05) is 14.0 Å². The second-order valence-corrected chi connectivity index (χ2v) is 4.76. The molecule has 1 N–H and O–H groups in total. The highest BCUT2D eigenvalue weighted by atomic mass is 16.5. The average Bonchev–Trinajstić information content (AvgIpc) is 2.26. The molecule has 1 aliphatic carbocycles. The zero-order chi connectivity index (χ0) is 11.9. The van der Waals surface area contributed by atoms with Crippen molar-refractivity contribution in [2.75, 3.05) is 26.9 Å². The van der Waals surface area contributed by atoms with Gasteiger partial charge in [0.15, 0.2) is 0 Å². The molecule has 1 unspecified atom stereocenters. The van der Waals surface area contributed by atoms with E-state index in [-0.39, 0.29) is 5.60 Å². The highest BCUT2D eigenvalue weighted by Gasteiger charge is 2.38. The van der Waals surface area contributed by atoms with Crippen LogP contribution in [0.5, 0.6) is 0 Å². The average molecular weight is 229 g/mol. The van der Waals surface area contributed by atoms with E-state index >= 15 is 0 Å². The Morgan fingerprint density at radius 3 is 2.50 bits per heavy atom. The van der Waals surface area contributed by atoms with Crippen LogP contribution in [0.3, 0.4) is 0 Å². The molecule has 1 saturated carbocycles. The van der Waals surface area contributed by atoms with Crippen LogP contribution in [0.15, 0.2) is 0 Å². The van der Waals surface area contributed by atoms with Crippen LogP contribution in [0.1, 0.15) is 46.0 Å². The molecule has 0 amide bonds. The molecule has 0 aromatic carbocycles. The number of hydrogen-bond donors (Lipinski definition) is 1. The van der Waals surface area contributed by atoms with Gasteiger partial charge in [-0.1, -0.05) is 6.92 Å². The van der Waals surface area contributed by atoms with Gasteiger partial charge in [-0.05, 0) is 45.6 Å². The van der Waals surface area contributed by atoms with Crippen LogP contribution in [0.2, 0.25) is 0 Å². The van der Waals surface area contributed by atoms with Gasteiger partial charge in [0.05, 0.1) is 12.2 Å². The van der Waals surface area contributed by atoms with E-state index in [2.05, 4.69) is 12.2 Å². The molecular formula is C13H27NO2. The van der Waals surface area contributed by atoms with Crippen molar-refractivity contribution in [3.63, 3.8) is 0 Å². The number of methoxy groups -OCH3 is 1. The van der Waals surface area contributed by atoms with Gasteiger partial charge in [0.2, 0.25) is 0 Å². The lowest BCUT2D eigenvalue weighted by molar-refractivity contribution is -0.0879. The van der Waals surface area contributed by atoms with E-state index in [0.29, 0.717) is 6.04 Å². The quantitative estimate of drug-likeness (QED) is 0.658. The van der Waals surface area contributed by atoms with E-state index in [0.717, 1.165) is 26.2 Å². The molecule has 1 rings (SSSR count). The van der Waals surface area contributed by atoms with Crippen LogP contribution in [0, 0.1) is 0 Å². The summed E-state index contributed by atoms with van der Waals surface area (Å²) in [5.41, 5.74) is 0.141. The third-order valence-corrected chi connectivity index (χ3v) is 3.52. The third kappa shape index (κ3) is 4.04. The molecule has 1 aliphatic rings. The van der Waals surface area contributed by atoms with Crippen molar-refractivity contribution in [2.45, 2.75) is 57.6 Å². The predicted molar refractivity (Wildman–Crippen MR) is 66.8 cm³/mol. The van der Waals surface area contributed by atoms with Crippen molar-refractivity contribution in [1.82, 2.24) is 5.32 Å². The molecule has 0 aromatic rings. The lowest BCUT2D eigenvalue weighted by Gasteiger charge is -2.43. The fourth-order valence-corrected chi connectivity index (χ4v) is 2.31. The summed E-state index contributed by atoms with van der Waals surface area (Å²) in [5, 5.41) is 3.56. The largest absolute Gasteiger partial charge is 0.380 e. The molecule has 16 heavy (non-hydrogen) atoms. The van der Waals surface area contributed by atoms with E-state index < -0.39 is 0 Å².